The van der Waals surface area contributed by atoms with E-state index in [1.165, 1.54) is 5.56 Å². The number of benzene rings is 2. The first-order valence-electron chi connectivity index (χ1n) is 8.25. The van der Waals surface area contributed by atoms with Crippen molar-refractivity contribution in [1.29, 1.82) is 0 Å². The summed E-state index contributed by atoms with van der Waals surface area (Å²) in [5.41, 5.74) is 5.13. The summed E-state index contributed by atoms with van der Waals surface area (Å²) in [6, 6.07) is 11.9. The van der Waals surface area contributed by atoms with Gasteiger partial charge >= 0.3 is 6.03 Å². The number of urea groups is 1. The Labute approximate surface area is 143 Å². The van der Waals surface area contributed by atoms with Crippen LogP contribution >= 0.6 is 0 Å². The van der Waals surface area contributed by atoms with Gasteiger partial charge in [0.15, 0.2) is 0 Å². The Hall–Kier alpha value is -2.49. The van der Waals surface area contributed by atoms with E-state index < -0.39 is 0 Å². The van der Waals surface area contributed by atoms with Gasteiger partial charge in [-0.3, -0.25) is 0 Å². The Bertz CT molecular complexity index is 739. The van der Waals surface area contributed by atoms with Gasteiger partial charge in [0.25, 0.3) is 0 Å². The van der Waals surface area contributed by atoms with Crippen molar-refractivity contribution >= 4 is 11.7 Å². The van der Waals surface area contributed by atoms with Gasteiger partial charge in [-0.25, -0.2) is 4.79 Å². The second kappa shape index (κ2) is 6.19. The predicted molar refractivity (Wildman–Crippen MR) is 96.7 cm³/mol. The molecule has 0 spiro atoms. The van der Waals surface area contributed by atoms with Crippen LogP contribution in [-0.2, 0) is 5.54 Å². The smallest absolute Gasteiger partial charge is 0.319 e. The van der Waals surface area contributed by atoms with Gasteiger partial charge in [-0.15, -0.1) is 0 Å². The first kappa shape index (κ1) is 16.4. The summed E-state index contributed by atoms with van der Waals surface area (Å²) in [7, 11) is 1.65. The minimum Gasteiger partial charge on any atom is -0.497 e. The highest BCUT2D eigenvalue weighted by Crippen LogP contribution is 2.45. The number of carbonyl (C=O) groups excluding carboxylic acids is 1. The molecule has 0 saturated heterocycles. The fourth-order valence-electron chi connectivity index (χ4n) is 3.26. The summed E-state index contributed by atoms with van der Waals surface area (Å²) in [6.45, 7) is 6.10. The lowest BCUT2D eigenvalue weighted by Gasteiger charge is -2.20. The molecule has 0 aliphatic heterocycles. The summed E-state index contributed by atoms with van der Waals surface area (Å²) < 4.78 is 5.20. The summed E-state index contributed by atoms with van der Waals surface area (Å²) in [5.74, 6) is 0.824. The first-order valence-corrected chi connectivity index (χ1v) is 8.25. The normalized spacial score (nSPS) is 14.8. The van der Waals surface area contributed by atoms with E-state index in [2.05, 4.69) is 29.7 Å². The van der Waals surface area contributed by atoms with Crippen molar-refractivity contribution in [2.45, 2.75) is 39.2 Å². The molecule has 2 N–H and O–H groups in total. The van der Waals surface area contributed by atoms with Crippen LogP contribution in [0.1, 0.15) is 35.1 Å². The molecule has 2 amide bonds. The topological polar surface area (TPSA) is 50.4 Å². The highest BCUT2D eigenvalue weighted by molar-refractivity contribution is 5.92. The van der Waals surface area contributed by atoms with Gasteiger partial charge in [-0.1, -0.05) is 29.8 Å². The Balaban J connectivity index is 1.73. The standard InChI is InChI=1S/C20H24N2O2/c1-13-11-14(2)18(15(3)12-13)21-19(23)22-20(9-10-20)16-5-7-17(24-4)8-6-16/h5-8,11-12H,9-10H2,1-4H3,(H2,21,22,23). The number of ether oxygens (including phenoxy) is 1. The molecule has 1 aliphatic carbocycles. The molecule has 0 bridgehead atoms. The second-order valence-electron chi connectivity index (χ2n) is 6.66. The van der Waals surface area contributed by atoms with Crippen molar-refractivity contribution < 1.29 is 9.53 Å². The van der Waals surface area contributed by atoms with Crippen molar-refractivity contribution in [3.8, 4) is 5.75 Å². The molecule has 3 rings (SSSR count). The summed E-state index contributed by atoms with van der Waals surface area (Å²) in [4.78, 5) is 12.5. The van der Waals surface area contributed by atoms with E-state index in [1.54, 1.807) is 7.11 Å². The molecule has 0 unspecified atom stereocenters. The number of rotatable bonds is 4. The van der Waals surface area contributed by atoms with Crippen LogP contribution in [0.5, 0.6) is 5.75 Å². The van der Waals surface area contributed by atoms with Crippen LogP contribution in [0.25, 0.3) is 0 Å². The van der Waals surface area contributed by atoms with Crippen molar-refractivity contribution in [2.75, 3.05) is 12.4 Å². The van der Waals surface area contributed by atoms with Crippen LogP contribution < -0.4 is 15.4 Å². The third kappa shape index (κ3) is 3.23. The molecule has 0 aromatic heterocycles. The maximum Gasteiger partial charge on any atom is 0.319 e. The quantitative estimate of drug-likeness (QED) is 0.874. The van der Waals surface area contributed by atoms with Gasteiger partial charge in [-0.05, 0) is 62.4 Å². The second-order valence-corrected chi connectivity index (χ2v) is 6.66. The van der Waals surface area contributed by atoms with Gasteiger partial charge in [0.05, 0.1) is 12.6 Å². The summed E-state index contributed by atoms with van der Waals surface area (Å²) >= 11 is 0. The van der Waals surface area contributed by atoms with E-state index in [-0.39, 0.29) is 11.6 Å². The number of carbonyl (C=O) groups is 1. The van der Waals surface area contributed by atoms with E-state index in [4.69, 9.17) is 4.74 Å². The van der Waals surface area contributed by atoms with Gasteiger partial charge in [0.1, 0.15) is 5.75 Å². The number of aryl methyl sites for hydroxylation is 3. The molecular weight excluding hydrogens is 300 g/mol. The Morgan fingerprint density at radius 3 is 2.12 bits per heavy atom. The van der Waals surface area contributed by atoms with Crippen molar-refractivity contribution in [1.82, 2.24) is 5.32 Å². The van der Waals surface area contributed by atoms with Crippen LogP contribution in [0.4, 0.5) is 10.5 Å². The fraction of sp³-hybridized carbons (Fsp3) is 0.350. The molecule has 0 heterocycles. The largest absolute Gasteiger partial charge is 0.497 e. The molecule has 4 heteroatoms. The van der Waals surface area contributed by atoms with E-state index in [1.807, 2.05) is 38.1 Å². The minimum absolute atomic E-state index is 0.154. The third-order valence-corrected chi connectivity index (χ3v) is 4.66. The lowest BCUT2D eigenvalue weighted by atomic mass is 10.0. The van der Waals surface area contributed by atoms with Crippen molar-refractivity contribution in [2.24, 2.45) is 0 Å². The molecule has 24 heavy (non-hydrogen) atoms. The zero-order valence-corrected chi connectivity index (χ0v) is 14.7. The van der Waals surface area contributed by atoms with Crippen LogP contribution in [0, 0.1) is 20.8 Å². The van der Waals surface area contributed by atoms with E-state index in [0.717, 1.165) is 41.0 Å². The van der Waals surface area contributed by atoms with Crippen LogP contribution in [0.2, 0.25) is 0 Å². The van der Waals surface area contributed by atoms with Gasteiger partial charge in [-0.2, -0.15) is 0 Å². The minimum atomic E-state index is -0.247. The average Bonchev–Trinajstić information content (AvgIpc) is 3.31. The molecule has 1 saturated carbocycles. The highest BCUT2D eigenvalue weighted by atomic mass is 16.5. The number of hydrogen-bond acceptors (Lipinski definition) is 2. The number of anilines is 1. The monoisotopic (exact) mass is 324 g/mol. The van der Waals surface area contributed by atoms with E-state index in [0.29, 0.717) is 0 Å². The van der Waals surface area contributed by atoms with Crippen molar-refractivity contribution in [3.63, 3.8) is 0 Å². The molecule has 4 nitrogen and oxygen atoms in total. The Kier molecular flexibility index (Phi) is 4.22. The molecule has 126 valence electrons. The molecule has 1 aliphatic rings. The van der Waals surface area contributed by atoms with Gasteiger partial charge < -0.3 is 15.4 Å². The average molecular weight is 324 g/mol. The zero-order chi connectivity index (χ0) is 17.3. The first-order chi connectivity index (χ1) is 11.4. The number of methoxy groups -OCH3 is 1. The lowest BCUT2D eigenvalue weighted by molar-refractivity contribution is 0.247. The third-order valence-electron chi connectivity index (χ3n) is 4.66. The van der Waals surface area contributed by atoms with Crippen LogP contribution in [0.15, 0.2) is 36.4 Å². The molecule has 1 fully saturated rings. The number of amides is 2. The number of nitrogens with one attached hydrogen (secondary N) is 2. The highest BCUT2D eigenvalue weighted by Gasteiger charge is 2.45. The molecule has 2 aromatic rings. The Morgan fingerprint density at radius 2 is 1.62 bits per heavy atom. The SMILES string of the molecule is COc1ccc(C2(NC(=O)Nc3c(C)cc(C)cc3C)CC2)cc1. The van der Waals surface area contributed by atoms with Gasteiger partial charge in [0, 0.05) is 5.69 Å². The molecule has 2 aromatic carbocycles. The number of hydrogen-bond donors (Lipinski definition) is 2. The maximum atomic E-state index is 12.5. The Morgan fingerprint density at radius 1 is 1.04 bits per heavy atom. The predicted octanol–water partition coefficient (Wildman–Crippen LogP) is 4.43. The summed E-state index contributed by atoms with van der Waals surface area (Å²) in [6.07, 6.45) is 1.91. The summed E-state index contributed by atoms with van der Waals surface area (Å²) in [5, 5.41) is 6.17. The molecule has 0 radical (unpaired) electrons. The van der Waals surface area contributed by atoms with Gasteiger partial charge in [0.2, 0.25) is 0 Å². The molecular formula is C20H24N2O2. The zero-order valence-electron chi connectivity index (χ0n) is 14.7. The van der Waals surface area contributed by atoms with Crippen LogP contribution in [0.3, 0.4) is 0 Å². The van der Waals surface area contributed by atoms with E-state index in [9.17, 15) is 4.79 Å². The molecule has 0 atom stereocenters. The fourth-order valence-corrected chi connectivity index (χ4v) is 3.26. The lowest BCUT2D eigenvalue weighted by Crippen LogP contribution is -2.38. The maximum absolute atomic E-state index is 12.5. The van der Waals surface area contributed by atoms with Crippen molar-refractivity contribution in [3.05, 3.63) is 58.7 Å². The van der Waals surface area contributed by atoms with E-state index >= 15 is 0 Å². The van der Waals surface area contributed by atoms with Crippen LogP contribution in [-0.4, -0.2) is 13.1 Å².